The molecule has 0 bridgehead atoms. The predicted molar refractivity (Wildman–Crippen MR) is 68.3 cm³/mol. The van der Waals surface area contributed by atoms with Gasteiger partial charge < -0.3 is 20.3 Å². The van der Waals surface area contributed by atoms with E-state index in [1.807, 2.05) is 31.3 Å². The fourth-order valence-electron chi connectivity index (χ4n) is 1.59. The number of rotatable bonds is 8. The standard InChI is InChI=1S/C13H19NO4/c1-14-11-6-3-2-5-10(11)9-18-13(17)8-4-7-12(15)16/h2-3,5-6,13-14,17H,4,7-9H2,1H3,(H,15,16). The van der Waals surface area contributed by atoms with Crippen LogP contribution in [0.5, 0.6) is 0 Å². The van der Waals surface area contributed by atoms with Gasteiger partial charge in [0.25, 0.3) is 0 Å². The molecule has 100 valence electrons. The average molecular weight is 253 g/mol. The van der Waals surface area contributed by atoms with E-state index in [9.17, 15) is 9.90 Å². The summed E-state index contributed by atoms with van der Waals surface area (Å²) in [7, 11) is 1.82. The van der Waals surface area contributed by atoms with E-state index in [4.69, 9.17) is 9.84 Å². The smallest absolute Gasteiger partial charge is 0.303 e. The Hall–Kier alpha value is -1.59. The molecule has 0 radical (unpaired) electrons. The van der Waals surface area contributed by atoms with Gasteiger partial charge in [0, 0.05) is 24.7 Å². The van der Waals surface area contributed by atoms with E-state index < -0.39 is 12.3 Å². The summed E-state index contributed by atoms with van der Waals surface area (Å²) in [4.78, 5) is 10.3. The molecule has 0 aliphatic carbocycles. The van der Waals surface area contributed by atoms with Gasteiger partial charge in [-0.05, 0) is 18.9 Å². The zero-order valence-corrected chi connectivity index (χ0v) is 10.4. The summed E-state index contributed by atoms with van der Waals surface area (Å²) in [5, 5.41) is 21.1. The van der Waals surface area contributed by atoms with Gasteiger partial charge in [-0.1, -0.05) is 18.2 Å². The molecule has 0 aliphatic heterocycles. The number of para-hydroxylation sites is 1. The van der Waals surface area contributed by atoms with Crippen molar-refractivity contribution in [2.75, 3.05) is 12.4 Å². The lowest BCUT2D eigenvalue weighted by Gasteiger charge is -2.13. The molecular weight excluding hydrogens is 234 g/mol. The van der Waals surface area contributed by atoms with Crippen molar-refractivity contribution < 1.29 is 19.7 Å². The van der Waals surface area contributed by atoms with Crippen molar-refractivity contribution in [1.29, 1.82) is 0 Å². The number of anilines is 1. The number of carboxylic acid groups (broad SMARTS) is 1. The van der Waals surface area contributed by atoms with Crippen LogP contribution in [0.1, 0.15) is 24.8 Å². The molecule has 1 aromatic rings. The Kier molecular flexibility index (Phi) is 6.18. The van der Waals surface area contributed by atoms with Gasteiger partial charge in [0.05, 0.1) is 6.61 Å². The molecule has 0 saturated heterocycles. The lowest BCUT2D eigenvalue weighted by atomic mass is 10.2. The van der Waals surface area contributed by atoms with Crippen LogP contribution in [-0.2, 0) is 16.1 Å². The molecule has 0 heterocycles. The van der Waals surface area contributed by atoms with E-state index >= 15 is 0 Å². The summed E-state index contributed by atoms with van der Waals surface area (Å²) in [6.45, 7) is 0.297. The lowest BCUT2D eigenvalue weighted by molar-refractivity contribution is -0.138. The Labute approximate surface area is 106 Å². The molecule has 5 nitrogen and oxygen atoms in total. The fourth-order valence-corrected chi connectivity index (χ4v) is 1.59. The van der Waals surface area contributed by atoms with Crippen molar-refractivity contribution in [2.24, 2.45) is 0 Å². The number of ether oxygens (including phenoxy) is 1. The third-order valence-corrected chi connectivity index (χ3v) is 2.56. The van der Waals surface area contributed by atoms with Gasteiger partial charge in [0.2, 0.25) is 0 Å². The highest BCUT2D eigenvalue weighted by atomic mass is 16.6. The molecule has 0 saturated carbocycles. The second-order valence-electron chi connectivity index (χ2n) is 3.96. The second-order valence-corrected chi connectivity index (χ2v) is 3.96. The third-order valence-electron chi connectivity index (χ3n) is 2.56. The van der Waals surface area contributed by atoms with Crippen LogP contribution in [-0.4, -0.2) is 29.5 Å². The molecule has 1 atom stereocenters. The zero-order chi connectivity index (χ0) is 13.4. The number of aliphatic carboxylic acids is 1. The average Bonchev–Trinajstić information content (AvgIpc) is 2.36. The Bertz CT molecular complexity index is 381. The van der Waals surface area contributed by atoms with Crippen molar-refractivity contribution in [2.45, 2.75) is 32.2 Å². The second kappa shape index (κ2) is 7.68. The number of aliphatic hydroxyl groups excluding tert-OH is 1. The van der Waals surface area contributed by atoms with E-state index in [1.54, 1.807) is 0 Å². The summed E-state index contributed by atoms with van der Waals surface area (Å²) < 4.78 is 5.27. The molecule has 0 aliphatic rings. The van der Waals surface area contributed by atoms with Gasteiger partial charge in [-0.25, -0.2) is 0 Å². The summed E-state index contributed by atoms with van der Waals surface area (Å²) in [6, 6.07) is 7.65. The lowest BCUT2D eigenvalue weighted by Crippen LogP contribution is -2.13. The van der Waals surface area contributed by atoms with E-state index in [0.717, 1.165) is 11.3 Å². The number of aliphatic hydroxyl groups is 1. The molecule has 1 aromatic carbocycles. The van der Waals surface area contributed by atoms with Gasteiger partial charge in [-0.2, -0.15) is 0 Å². The molecule has 1 unspecified atom stereocenters. The first-order valence-corrected chi connectivity index (χ1v) is 5.90. The van der Waals surface area contributed by atoms with Crippen LogP contribution in [0, 0.1) is 0 Å². The minimum Gasteiger partial charge on any atom is -0.481 e. The van der Waals surface area contributed by atoms with Gasteiger partial charge in [-0.3, -0.25) is 4.79 Å². The van der Waals surface area contributed by atoms with Gasteiger partial charge in [0.1, 0.15) is 0 Å². The van der Waals surface area contributed by atoms with Crippen LogP contribution < -0.4 is 5.32 Å². The number of carbonyl (C=O) groups is 1. The van der Waals surface area contributed by atoms with Gasteiger partial charge in [0.15, 0.2) is 6.29 Å². The number of hydrogen-bond acceptors (Lipinski definition) is 4. The summed E-state index contributed by atoms with van der Waals surface area (Å²) >= 11 is 0. The molecule has 0 fully saturated rings. The van der Waals surface area contributed by atoms with E-state index in [2.05, 4.69) is 5.32 Å². The minimum absolute atomic E-state index is 0.0491. The van der Waals surface area contributed by atoms with Crippen LogP contribution in [0.3, 0.4) is 0 Å². The quantitative estimate of drug-likeness (QED) is 0.616. The number of carboxylic acids is 1. The van der Waals surface area contributed by atoms with E-state index in [-0.39, 0.29) is 6.42 Å². The maximum Gasteiger partial charge on any atom is 0.303 e. The fraction of sp³-hybridized carbons (Fsp3) is 0.462. The van der Waals surface area contributed by atoms with Crippen molar-refractivity contribution in [3.63, 3.8) is 0 Å². The first kappa shape index (κ1) is 14.5. The molecule has 1 rings (SSSR count). The summed E-state index contributed by atoms with van der Waals surface area (Å²) in [5.74, 6) is -0.859. The van der Waals surface area contributed by atoms with Gasteiger partial charge in [-0.15, -0.1) is 0 Å². The van der Waals surface area contributed by atoms with Crippen LogP contribution in [0.25, 0.3) is 0 Å². The SMILES string of the molecule is CNc1ccccc1COC(O)CCCC(=O)O. The van der Waals surface area contributed by atoms with Crippen LogP contribution >= 0.6 is 0 Å². The van der Waals surface area contributed by atoms with E-state index in [0.29, 0.717) is 19.4 Å². The third kappa shape index (κ3) is 5.16. The van der Waals surface area contributed by atoms with Crippen LogP contribution in [0.2, 0.25) is 0 Å². The Morgan fingerprint density at radius 3 is 2.83 bits per heavy atom. The highest BCUT2D eigenvalue weighted by molar-refractivity contribution is 5.66. The first-order valence-electron chi connectivity index (χ1n) is 5.90. The molecule has 3 N–H and O–H groups in total. The maximum absolute atomic E-state index is 10.3. The van der Waals surface area contributed by atoms with Crippen molar-refractivity contribution in [1.82, 2.24) is 0 Å². The molecule has 0 spiro atoms. The zero-order valence-electron chi connectivity index (χ0n) is 10.4. The number of benzene rings is 1. The summed E-state index contributed by atoms with van der Waals surface area (Å²) in [6.07, 6.45) is -0.139. The first-order chi connectivity index (χ1) is 8.63. The summed E-state index contributed by atoms with van der Waals surface area (Å²) in [5.41, 5.74) is 1.91. The highest BCUT2D eigenvalue weighted by Crippen LogP contribution is 2.16. The van der Waals surface area contributed by atoms with Crippen molar-refractivity contribution in [3.05, 3.63) is 29.8 Å². The normalized spacial score (nSPS) is 12.1. The minimum atomic E-state index is -0.922. The molecule has 5 heteroatoms. The van der Waals surface area contributed by atoms with E-state index in [1.165, 1.54) is 0 Å². The largest absolute Gasteiger partial charge is 0.481 e. The Balaban J connectivity index is 2.33. The number of hydrogen-bond donors (Lipinski definition) is 3. The van der Waals surface area contributed by atoms with Gasteiger partial charge >= 0.3 is 5.97 Å². The number of nitrogens with one attached hydrogen (secondary N) is 1. The topological polar surface area (TPSA) is 78.8 Å². The predicted octanol–water partition coefficient (Wildman–Crippen LogP) is 1.82. The molecular formula is C13H19NO4. The highest BCUT2D eigenvalue weighted by Gasteiger charge is 2.07. The molecule has 18 heavy (non-hydrogen) atoms. The monoisotopic (exact) mass is 253 g/mol. The Morgan fingerprint density at radius 1 is 1.44 bits per heavy atom. The van der Waals surface area contributed by atoms with Crippen molar-refractivity contribution in [3.8, 4) is 0 Å². The molecule has 0 aromatic heterocycles. The molecule has 0 amide bonds. The van der Waals surface area contributed by atoms with Crippen LogP contribution in [0.4, 0.5) is 5.69 Å². The van der Waals surface area contributed by atoms with Crippen LogP contribution in [0.15, 0.2) is 24.3 Å². The Morgan fingerprint density at radius 2 is 2.17 bits per heavy atom. The van der Waals surface area contributed by atoms with Crippen molar-refractivity contribution >= 4 is 11.7 Å². The maximum atomic E-state index is 10.3.